The molecule has 30 heavy (non-hydrogen) atoms. The van der Waals surface area contributed by atoms with Gasteiger partial charge < -0.3 is 15.4 Å². The van der Waals surface area contributed by atoms with Gasteiger partial charge in [-0.1, -0.05) is 12.1 Å². The van der Waals surface area contributed by atoms with E-state index in [-0.39, 0.29) is 18.2 Å². The van der Waals surface area contributed by atoms with Gasteiger partial charge in [0, 0.05) is 6.04 Å². The summed E-state index contributed by atoms with van der Waals surface area (Å²) in [5.41, 5.74) is -0.489. The van der Waals surface area contributed by atoms with Crippen LogP contribution in [0.15, 0.2) is 24.3 Å². The van der Waals surface area contributed by atoms with Crippen LogP contribution in [0.2, 0.25) is 0 Å². The zero-order chi connectivity index (χ0) is 22.5. The summed E-state index contributed by atoms with van der Waals surface area (Å²) in [5, 5.41) is 7.08. The maximum Gasteiger partial charge on any atom is 0.387 e. The first kappa shape index (κ1) is 23.0. The van der Waals surface area contributed by atoms with Crippen molar-refractivity contribution in [1.82, 2.24) is 20.9 Å². The van der Waals surface area contributed by atoms with Gasteiger partial charge in [-0.15, -0.1) is 0 Å². The number of nitrogens with zero attached hydrogens (tertiary/aromatic N) is 1. The molecule has 1 atom stereocenters. The second-order valence-electron chi connectivity index (χ2n) is 7.35. The van der Waals surface area contributed by atoms with E-state index >= 15 is 0 Å². The smallest absolute Gasteiger partial charge is 0.387 e. The van der Waals surface area contributed by atoms with Crippen LogP contribution < -0.4 is 20.7 Å². The van der Waals surface area contributed by atoms with Crippen LogP contribution in [0.3, 0.4) is 0 Å². The van der Waals surface area contributed by atoms with Crippen molar-refractivity contribution in [2.75, 3.05) is 6.54 Å². The normalized spacial score (nSPS) is 18.6. The van der Waals surface area contributed by atoms with Crippen molar-refractivity contribution in [3.8, 4) is 5.75 Å². The van der Waals surface area contributed by atoms with Crippen molar-refractivity contribution in [1.29, 1.82) is 0 Å². The molecule has 1 fully saturated rings. The van der Waals surface area contributed by atoms with E-state index in [0.29, 0.717) is 6.42 Å². The number of alkyl halides is 2. The van der Waals surface area contributed by atoms with E-state index in [9.17, 15) is 28.0 Å². The number of halogens is 2. The molecule has 1 aliphatic heterocycles. The number of benzene rings is 1. The van der Waals surface area contributed by atoms with Crippen LogP contribution in [-0.4, -0.2) is 53.5 Å². The predicted molar refractivity (Wildman–Crippen MR) is 102 cm³/mol. The molecule has 1 aromatic carbocycles. The molecule has 0 unspecified atom stereocenters. The maximum atomic E-state index is 12.7. The molecule has 2 rings (SSSR count). The fraction of sp³-hybridized carbons (Fsp3) is 0.474. The molecule has 0 saturated carbocycles. The zero-order valence-electron chi connectivity index (χ0n) is 16.8. The lowest BCUT2D eigenvalue weighted by molar-refractivity contribution is -0.134. The van der Waals surface area contributed by atoms with Gasteiger partial charge in [-0.25, -0.2) is 9.59 Å². The van der Waals surface area contributed by atoms with Gasteiger partial charge in [0.05, 0.1) is 0 Å². The summed E-state index contributed by atoms with van der Waals surface area (Å²) in [5.74, 6) is -1.37. The summed E-state index contributed by atoms with van der Waals surface area (Å²) in [4.78, 5) is 49.2. The third kappa shape index (κ3) is 6.13. The van der Waals surface area contributed by atoms with Crippen molar-refractivity contribution in [3.63, 3.8) is 0 Å². The molecule has 1 saturated heterocycles. The van der Waals surface area contributed by atoms with Crippen molar-refractivity contribution in [3.05, 3.63) is 29.8 Å². The molecule has 11 heteroatoms. The number of aryl methyl sites for hydroxylation is 1. The van der Waals surface area contributed by atoms with E-state index in [1.54, 1.807) is 26.0 Å². The lowest BCUT2D eigenvalue weighted by Gasteiger charge is -2.21. The highest BCUT2D eigenvalue weighted by molar-refractivity contribution is 6.09. The first-order chi connectivity index (χ1) is 14.0. The van der Waals surface area contributed by atoms with Gasteiger partial charge in [-0.05, 0) is 51.3 Å². The summed E-state index contributed by atoms with van der Waals surface area (Å²) in [6.45, 7) is 1.45. The number of ether oxygens (including phenoxy) is 1. The largest absolute Gasteiger partial charge is 0.435 e. The van der Waals surface area contributed by atoms with Crippen molar-refractivity contribution >= 4 is 23.9 Å². The minimum Gasteiger partial charge on any atom is -0.435 e. The molecule has 0 radical (unpaired) electrons. The first-order valence-electron chi connectivity index (χ1n) is 9.28. The van der Waals surface area contributed by atoms with Crippen LogP contribution in [0.5, 0.6) is 5.75 Å². The summed E-state index contributed by atoms with van der Waals surface area (Å²) in [6, 6.07) is 4.30. The zero-order valence-corrected chi connectivity index (χ0v) is 16.8. The molecule has 0 aliphatic carbocycles. The Morgan fingerprint density at radius 3 is 2.40 bits per heavy atom. The summed E-state index contributed by atoms with van der Waals surface area (Å²) in [6.07, 6.45) is 0.590. The van der Waals surface area contributed by atoms with E-state index in [0.717, 1.165) is 10.5 Å². The molecule has 3 N–H and O–H groups in total. The molecule has 9 nitrogen and oxygen atoms in total. The Morgan fingerprint density at radius 1 is 1.20 bits per heavy atom. The monoisotopic (exact) mass is 426 g/mol. The van der Waals surface area contributed by atoms with E-state index in [1.807, 2.05) is 0 Å². The van der Waals surface area contributed by atoms with Crippen LogP contribution in [0.25, 0.3) is 0 Å². The van der Waals surface area contributed by atoms with Crippen molar-refractivity contribution < 1.29 is 32.7 Å². The molecular formula is C19H24F2N4O5. The van der Waals surface area contributed by atoms with Crippen molar-refractivity contribution in [2.24, 2.45) is 0 Å². The second kappa shape index (κ2) is 9.51. The third-order valence-corrected chi connectivity index (χ3v) is 4.38. The quantitative estimate of drug-likeness (QED) is 0.548. The van der Waals surface area contributed by atoms with E-state index in [1.165, 1.54) is 19.1 Å². The Bertz CT molecular complexity index is 816. The second-order valence-corrected chi connectivity index (χ2v) is 7.35. The Kier molecular flexibility index (Phi) is 7.30. The van der Waals surface area contributed by atoms with Crippen molar-refractivity contribution in [2.45, 2.75) is 51.8 Å². The van der Waals surface area contributed by atoms with Gasteiger partial charge in [-0.2, -0.15) is 8.78 Å². The predicted octanol–water partition coefficient (Wildman–Crippen LogP) is 1.77. The van der Waals surface area contributed by atoms with Gasteiger partial charge in [-0.3, -0.25) is 19.8 Å². The van der Waals surface area contributed by atoms with E-state index in [2.05, 4.69) is 20.7 Å². The lowest BCUT2D eigenvalue weighted by Crippen LogP contribution is -2.48. The summed E-state index contributed by atoms with van der Waals surface area (Å²) < 4.78 is 28.7. The molecule has 0 bridgehead atoms. The number of carbonyl (C=O) groups excluding carboxylic acids is 4. The standard InChI is InChI=1S/C19H24F2N4O5/c1-11(2)22-17(28)23-14(26)10-25-15(27)19(3,24-18(25)29)9-8-12-4-6-13(7-5-12)30-16(20)21/h4-7,11,16H,8-10H2,1-3H3,(H,24,29)(H2,22,23,26,28)/t19-/m1/s1. The average Bonchev–Trinajstić information content (AvgIpc) is 2.83. The fourth-order valence-corrected chi connectivity index (χ4v) is 2.90. The minimum absolute atomic E-state index is 0.0175. The number of hydrogen-bond donors (Lipinski definition) is 3. The Labute approximate surface area is 172 Å². The Balaban J connectivity index is 1.93. The fourth-order valence-electron chi connectivity index (χ4n) is 2.90. The third-order valence-electron chi connectivity index (χ3n) is 4.38. The number of nitrogens with one attached hydrogen (secondary N) is 3. The molecule has 1 aliphatic rings. The van der Waals surface area contributed by atoms with E-state index < -0.39 is 42.6 Å². The minimum atomic E-state index is -2.92. The average molecular weight is 426 g/mol. The van der Waals surface area contributed by atoms with Crippen LogP contribution in [0.1, 0.15) is 32.8 Å². The summed E-state index contributed by atoms with van der Waals surface area (Å²) >= 11 is 0. The first-order valence-corrected chi connectivity index (χ1v) is 9.28. The molecule has 1 aromatic rings. The van der Waals surface area contributed by atoms with Crippen LogP contribution in [0, 0.1) is 0 Å². The number of imide groups is 2. The Hall–Kier alpha value is -3.24. The van der Waals surface area contributed by atoms with Gasteiger partial charge >= 0.3 is 18.7 Å². The molecule has 164 valence electrons. The molecular weight excluding hydrogens is 402 g/mol. The lowest BCUT2D eigenvalue weighted by atomic mass is 9.93. The van der Waals surface area contributed by atoms with E-state index in [4.69, 9.17) is 0 Å². The van der Waals surface area contributed by atoms with Crippen LogP contribution in [0.4, 0.5) is 18.4 Å². The number of rotatable bonds is 8. The number of carbonyl (C=O) groups is 4. The van der Waals surface area contributed by atoms with Crippen LogP contribution >= 0.6 is 0 Å². The molecule has 1 heterocycles. The van der Waals surface area contributed by atoms with Gasteiger partial charge in [0.25, 0.3) is 5.91 Å². The SMILES string of the molecule is CC(C)NC(=O)NC(=O)CN1C(=O)N[C@](C)(CCc2ccc(OC(F)F)cc2)C1=O. The number of amides is 6. The molecule has 0 spiro atoms. The van der Waals surface area contributed by atoms with Crippen LogP contribution in [-0.2, 0) is 16.0 Å². The number of hydrogen-bond acceptors (Lipinski definition) is 5. The molecule has 0 aromatic heterocycles. The maximum absolute atomic E-state index is 12.7. The topological polar surface area (TPSA) is 117 Å². The van der Waals surface area contributed by atoms with Gasteiger partial charge in [0.15, 0.2) is 0 Å². The highest BCUT2D eigenvalue weighted by Crippen LogP contribution is 2.24. The summed E-state index contributed by atoms with van der Waals surface area (Å²) in [7, 11) is 0. The molecule has 6 amide bonds. The highest BCUT2D eigenvalue weighted by Gasteiger charge is 2.47. The van der Waals surface area contributed by atoms with Gasteiger partial charge in [0.2, 0.25) is 5.91 Å². The number of urea groups is 2. The highest BCUT2D eigenvalue weighted by atomic mass is 19.3. The Morgan fingerprint density at radius 2 is 1.83 bits per heavy atom. The van der Waals surface area contributed by atoms with Gasteiger partial charge in [0.1, 0.15) is 17.8 Å².